The number of aryl methyl sites for hydroxylation is 2. The van der Waals surface area contributed by atoms with Crippen LogP contribution in [0, 0.1) is 13.8 Å². The van der Waals surface area contributed by atoms with Gasteiger partial charge in [0.1, 0.15) is 0 Å². The van der Waals surface area contributed by atoms with Crippen LogP contribution in [-0.2, 0) is 4.79 Å². The molecule has 0 bridgehead atoms. The number of carbonyl (C=O) groups excluding carboxylic acids is 1. The van der Waals surface area contributed by atoms with Gasteiger partial charge in [0.05, 0.1) is 6.54 Å². The molecule has 1 aromatic carbocycles. The first-order valence-electron chi connectivity index (χ1n) is 7.61. The van der Waals surface area contributed by atoms with Crippen molar-refractivity contribution >= 4 is 11.6 Å². The molecule has 1 aromatic rings. The second-order valence-corrected chi connectivity index (χ2v) is 6.10. The van der Waals surface area contributed by atoms with Gasteiger partial charge in [0.25, 0.3) is 0 Å². The molecule has 0 spiro atoms. The number of benzene rings is 1. The first kappa shape index (κ1) is 14.9. The van der Waals surface area contributed by atoms with E-state index < -0.39 is 0 Å². The van der Waals surface area contributed by atoms with Gasteiger partial charge in [-0.05, 0) is 58.6 Å². The van der Waals surface area contributed by atoms with Crippen LogP contribution in [0.5, 0.6) is 0 Å². The summed E-state index contributed by atoms with van der Waals surface area (Å²) in [5.74, 6) is 0.213. The Morgan fingerprint density at radius 3 is 2.50 bits per heavy atom. The van der Waals surface area contributed by atoms with Gasteiger partial charge in [0, 0.05) is 17.8 Å². The van der Waals surface area contributed by atoms with Gasteiger partial charge in [-0.15, -0.1) is 0 Å². The Hall–Kier alpha value is -1.51. The summed E-state index contributed by atoms with van der Waals surface area (Å²) in [5.41, 5.74) is 3.50. The van der Waals surface area contributed by atoms with Crippen molar-refractivity contribution in [2.45, 2.75) is 59.0 Å². The highest BCUT2D eigenvalue weighted by Crippen LogP contribution is 2.23. The highest BCUT2D eigenvalue weighted by Gasteiger charge is 2.28. The minimum atomic E-state index is 0.213. The van der Waals surface area contributed by atoms with Crippen molar-refractivity contribution in [2.24, 2.45) is 0 Å². The summed E-state index contributed by atoms with van der Waals surface area (Å²) in [5, 5.41) is 3.29. The maximum atomic E-state index is 12.4. The lowest BCUT2D eigenvalue weighted by molar-refractivity contribution is -0.135. The Bertz CT molecular complexity index is 474. The zero-order valence-corrected chi connectivity index (χ0v) is 13.1. The lowest BCUT2D eigenvalue weighted by atomic mass is 9.97. The number of nitrogens with zero attached hydrogens (tertiary/aromatic N) is 1. The number of nitrogens with one attached hydrogen (secondary N) is 1. The Kier molecular flexibility index (Phi) is 4.69. The predicted octanol–water partition coefficient (Wildman–Crippen LogP) is 3.50. The van der Waals surface area contributed by atoms with Crippen LogP contribution in [-0.4, -0.2) is 29.4 Å². The smallest absolute Gasteiger partial charge is 0.242 e. The standard InChI is InChI=1S/C17H26N2O/c1-12-8-9-16(13(2)10-12)18-11-17(20)19-14(3)6-5-7-15(19)4/h8-10,14-15,18H,5-7,11H2,1-4H3. The van der Waals surface area contributed by atoms with E-state index in [4.69, 9.17) is 0 Å². The van der Waals surface area contributed by atoms with Gasteiger partial charge in [-0.1, -0.05) is 17.7 Å². The summed E-state index contributed by atoms with van der Waals surface area (Å²) in [7, 11) is 0. The molecule has 110 valence electrons. The topological polar surface area (TPSA) is 32.3 Å². The van der Waals surface area contributed by atoms with Crippen molar-refractivity contribution in [3.63, 3.8) is 0 Å². The number of anilines is 1. The van der Waals surface area contributed by atoms with Crippen LogP contribution in [0.1, 0.15) is 44.2 Å². The zero-order chi connectivity index (χ0) is 14.7. The fourth-order valence-electron chi connectivity index (χ4n) is 3.19. The molecule has 0 saturated carbocycles. The normalized spacial score (nSPS) is 22.7. The number of likely N-dealkylation sites (tertiary alicyclic amines) is 1. The van der Waals surface area contributed by atoms with E-state index in [9.17, 15) is 4.79 Å². The summed E-state index contributed by atoms with van der Waals surface area (Å²) in [6.45, 7) is 8.86. The molecule has 1 aliphatic heterocycles. The van der Waals surface area contributed by atoms with Gasteiger partial charge >= 0.3 is 0 Å². The first-order valence-corrected chi connectivity index (χ1v) is 7.61. The van der Waals surface area contributed by atoms with Gasteiger partial charge in [0.2, 0.25) is 5.91 Å². The summed E-state index contributed by atoms with van der Waals surface area (Å²) < 4.78 is 0. The molecular weight excluding hydrogens is 248 g/mol. The van der Waals surface area contributed by atoms with Crippen LogP contribution < -0.4 is 5.32 Å². The average Bonchev–Trinajstić information content (AvgIpc) is 2.37. The van der Waals surface area contributed by atoms with Crippen molar-refractivity contribution in [1.82, 2.24) is 4.90 Å². The zero-order valence-electron chi connectivity index (χ0n) is 13.1. The fourth-order valence-corrected chi connectivity index (χ4v) is 3.19. The highest BCUT2D eigenvalue weighted by atomic mass is 16.2. The molecule has 0 aliphatic carbocycles. The van der Waals surface area contributed by atoms with Gasteiger partial charge in [-0.25, -0.2) is 0 Å². The molecule has 3 nitrogen and oxygen atoms in total. The largest absolute Gasteiger partial charge is 0.376 e. The minimum absolute atomic E-state index is 0.213. The van der Waals surface area contributed by atoms with E-state index in [2.05, 4.69) is 56.1 Å². The van der Waals surface area contributed by atoms with E-state index in [1.165, 1.54) is 17.5 Å². The number of amides is 1. The Labute approximate surface area is 122 Å². The van der Waals surface area contributed by atoms with Gasteiger partial charge < -0.3 is 10.2 Å². The summed E-state index contributed by atoms with van der Waals surface area (Å²) in [4.78, 5) is 14.5. The Morgan fingerprint density at radius 1 is 1.25 bits per heavy atom. The molecule has 1 N–H and O–H groups in total. The van der Waals surface area contributed by atoms with E-state index in [0.717, 1.165) is 18.5 Å². The monoisotopic (exact) mass is 274 g/mol. The van der Waals surface area contributed by atoms with Gasteiger partial charge in [-0.3, -0.25) is 4.79 Å². The van der Waals surface area contributed by atoms with Gasteiger partial charge in [-0.2, -0.15) is 0 Å². The first-order chi connectivity index (χ1) is 9.49. The van der Waals surface area contributed by atoms with Crippen molar-refractivity contribution in [3.05, 3.63) is 29.3 Å². The summed E-state index contributed by atoms with van der Waals surface area (Å²) in [6.07, 6.45) is 3.48. The molecule has 2 rings (SSSR count). The van der Waals surface area contributed by atoms with Crippen molar-refractivity contribution < 1.29 is 4.79 Å². The highest BCUT2D eigenvalue weighted by molar-refractivity contribution is 5.81. The van der Waals surface area contributed by atoms with E-state index in [1.54, 1.807) is 0 Å². The van der Waals surface area contributed by atoms with E-state index in [1.807, 2.05) is 0 Å². The third-order valence-electron chi connectivity index (χ3n) is 4.29. The number of hydrogen-bond donors (Lipinski definition) is 1. The lowest BCUT2D eigenvalue weighted by Crippen LogP contribution is -2.49. The van der Waals surface area contributed by atoms with E-state index >= 15 is 0 Å². The molecule has 2 unspecified atom stereocenters. The fraction of sp³-hybridized carbons (Fsp3) is 0.588. The number of rotatable bonds is 3. The SMILES string of the molecule is Cc1ccc(NCC(=O)N2C(C)CCCC2C)c(C)c1. The van der Waals surface area contributed by atoms with Crippen molar-refractivity contribution in [3.8, 4) is 0 Å². The molecule has 1 saturated heterocycles. The molecule has 1 heterocycles. The lowest BCUT2D eigenvalue weighted by Gasteiger charge is -2.39. The quantitative estimate of drug-likeness (QED) is 0.915. The van der Waals surface area contributed by atoms with Crippen molar-refractivity contribution in [1.29, 1.82) is 0 Å². The maximum absolute atomic E-state index is 12.4. The molecule has 1 aliphatic rings. The van der Waals surface area contributed by atoms with E-state index in [0.29, 0.717) is 18.6 Å². The number of carbonyl (C=O) groups is 1. The molecule has 20 heavy (non-hydrogen) atoms. The molecule has 0 radical (unpaired) electrons. The second kappa shape index (κ2) is 6.29. The van der Waals surface area contributed by atoms with Gasteiger partial charge in [0.15, 0.2) is 0 Å². The Balaban J connectivity index is 1.97. The molecule has 2 atom stereocenters. The van der Waals surface area contributed by atoms with Crippen LogP contribution >= 0.6 is 0 Å². The van der Waals surface area contributed by atoms with Crippen LogP contribution in [0.4, 0.5) is 5.69 Å². The van der Waals surface area contributed by atoms with Crippen molar-refractivity contribution in [2.75, 3.05) is 11.9 Å². The molecular formula is C17H26N2O. The Morgan fingerprint density at radius 2 is 1.90 bits per heavy atom. The third-order valence-corrected chi connectivity index (χ3v) is 4.29. The second-order valence-electron chi connectivity index (χ2n) is 6.10. The third kappa shape index (κ3) is 3.33. The molecule has 0 aromatic heterocycles. The minimum Gasteiger partial charge on any atom is -0.376 e. The van der Waals surface area contributed by atoms with Crippen LogP contribution in [0.3, 0.4) is 0 Å². The summed E-state index contributed by atoms with van der Waals surface area (Å²) >= 11 is 0. The maximum Gasteiger partial charge on any atom is 0.242 e. The summed E-state index contributed by atoms with van der Waals surface area (Å²) in [6, 6.07) is 7.01. The predicted molar refractivity (Wildman–Crippen MR) is 84.0 cm³/mol. The number of hydrogen-bond acceptors (Lipinski definition) is 2. The van der Waals surface area contributed by atoms with E-state index in [-0.39, 0.29) is 5.91 Å². The molecule has 3 heteroatoms. The van der Waals surface area contributed by atoms with Crippen LogP contribution in [0.15, 0.2) is 18.2 Å². The average molecular weight is 274 g/mol. The van der Waals surface area contributed by atoms with Crippen LogP contribution in [0.2, 0.25) is 0 Å². The molecule has 1 fully saturated rings. The number of piperidine rings is 1. The van der Waals surface area contributed by atoms with Crippen LogP contribution in [0.25, 0.3) is 0 Å². The molecule has 1 amide bonds.